The molecule has 0 fully saturated rings. The van der Waals surface area contributed by atoms with Crippen LogP contribution >= 0.6 is 27.7 Å². The van der Waals surface area contributed by atoms with Crippen LogP contribution in [0.15, 0.2) is 57.9 Å². The molecular formula is C15H13BrFNOS. The molecule has 1 amide bonds. The molecule has 104 valence electrons. The summed E-state index contributed by atoms with van der Waals surface area (Å²) in [7, 11) is 0. The molecule has 0 saturated carbocycles. The van der Waals surface area contributed by atoms with Gasteiger partial charge in [0.25, 0.3) is 0 Å². The van der Waals surface area contributed by atoms with Crippen LogP contribution in [0.4, 0.5) is 10.1 Å². The summed E-state index contributed by atoms with van der Waals surface area (Å²) in [5, 5.41) is 2.80. The highest BCUT2D eigenvalue weighted by atomic mass is 79.9. The summed E-state index contributed by atoms with van der Waals surface area (Å²) in [6.07, 6.45) is 0.342. The molecule has 0 aliphatic heterocycles. The molecule has 20 heavy (non-hydrogen) atoms. The molecule has 0 atom stereocenters. The standard InChI is InChI=1S/C15H13BrFNOS/c16-11-5-7-12(8-6-11)18-15(19)9-10-20-14-4-2-1-3-13(14)17/h1-8H,9-10H2,(H,18,19). The molecule has 0 heterocycles. The van der Waals surface area contributed by atoms with Crippen LogP contribution in [0.2, 0.25) is 0 Å². The Morgan fingerprint density at radius 3 is 2.55 bits per heavy atom. The van der Waals surface area contributed by atoms with Gasteiger partial charge < -0.3 is 5.32 Å². The minimum absolute atomic E-state index is 0.0730. The van der Waals surface area contributed by atoms with E-state index < -0.39 is 0 Å². The van der Waals surface area contributed by atoms with Crippen LogP contribution in [0.5, 0.6) is 0 Å². The smallest absolute Gasteiger partial charge is 0.225 e. The van der Waals surface area contributed by atoms with Gasteiger partial charge >= 0.3 is 0 Å². The number of nitrogens with one attached hydrogen (secondary N) is 1. The Bertz CT molecular complexity index is 589. The van der Waals surface area contributed by atoms with Gasteiger partial charge in [-0.2, -0.15) is 0 Å². The van der Waals surface area contributed by atoms with Crippen LogP contribution < -0.4 is 5.32 Å². The third-order valence-corrected chi connectivity index (χ3v) is 4.13. The van der Waals surface area contributed by atoms with Crippen molar-refractivity contribution in [1.82, 2.24) is 0 Å². The summed E-state index contributed by atoms with van der Waals surface area (Å²) in [5.41, 5.74) is 0.758. The van der Waals surface area contributed by atoms with E-state index in [4.69, 9.17) is 0 Å². The second-order valence-corrected chi connectivity index (χ2v) is 6.14. The predicted molar refractivity (Wildman–Crippen MR) is 84.5 cm³/mol. The van der Waals surface area contributed by atoms with E-state index in [1.165, 1.54) is 17.8 Å². The number of benzene rings is 2. The lowest BCUT2D eigenvalue weighted by atomic mass is 10.3. The summed E-state index contributed by atoms with van der Waals surface area (Å²) in [5.74, 6) is 0.227. The van der Waals surface area contributed by atoms with Crippen molar-refractivity contribution in [2.24, 2.45) is 0 Å². The molecule has 0 radical (unpaired) electrons. The van der Waals surface area contributed by atoms with Gasteiger partial charge in [-0.3, -0.25) is 4.79 Å². The van der Waals surface area contributed by atoms with Crippen molar-refractivity contribution in [1.29, 1.82) is 0 Å². The fourth-order valence-electron chi connectivity index (χ4n) is 1.57. The number of thioether (sulfide) groups is 1. The van der Waals surface area contributed by atoms with Gasteiger partial charge in [0.05, 0.1) is 0 Å². The minimum atomic E-state index is -0.245. The van der Waals surface area contributed by atoms with Crippen molar-refractivity contribution in [2.75, 3.05) is 11.1 Å². The average molecular weight is 354 g/mol. The van der Waals surface area contributed by atoms with Crippen LogP contribution in [0, 0.1) is 5.82 Å². The van der Waals surface area contributed by atoms with Crippen LogP contribution in [-0.4, -0.2) is 11.7 Å². The zero-order chi connectivity index (χ0) is 14.4. The summed E-state index contributed by atoms with van der Waals surface area (Å²) in [6, 6.07) is 14.0. The van der Waals surface area contributed by atoms with Crippen LogP contribution in [0.25, 0.3) is 0 Å². The average Bonchev–Trinajstić information content (AvgIpc) is 2.43. The maximum absolute atomic E-state index is 13.4. The fraction of sp³-hybridized carbons (Fsp3) is 0.133. The number of anilines is 1. The van der Waals surface area contributed by atoms with Gasteiger partial charge in [0.2, 0.25) is 5.91 Å². The molecule has 0 saturated heterocycles. The van der Waals surface area contributed by atoms with Crippen molar-refractivity contribution < 1.29 is 9.18 Å². The summed E-state index contributed by atoms with van der Waals surface area (Å²) in [6.45, 7) is 0. The van der Waals surface area contributed by atoms with E-state index in [0.29, 0.717) is 17.1 Å². The summed E-state index contributed by atoms with van der Waals surface area (Å²) in [4.78, 5) is 12.3. The third-order valence-electron chi connectivity index (χ3n) is 2.55. The lowest BCUT2D eigenvalue weighted by Crippen LogP contribution is -2.12. The Labute approximate surface area is 129 Å². The van der Waals surface area contributed by atoms with Gasteiger partial charge in [-0.1, -0.05) is 28.1 Å². The molecule has 0 spiro atoms. The molecule has 1 N–H and O–H groups in total. The van der Waals surface area contributed by atoms with E-state index in [-0.39, 0.29) is 11.7 Å². The van der Waals surface area contributed by atoms with Gasteiger partial charge in [0.1, 0.15) is 5.82 Å². The van der Waals surface area contributed by atoms with Crippen molar-refractivity contribution in [3.05, 3.63) is 58.8 Å². The Morgan fingerprint density at radius 2 is 1.85 bits per heavy atom. The maximum atomic E-state index is 13.4. The number of halogens is 2. The highest BCUT2D eigenvalue weighted by molar-refractivity contribution is 9.10. The molecule has 0 bridgehead atoms. The molecule has 0 unspecified atom stereocenters. The van der Waals surface area contributed by atoms with Crippen LogP contribution in [-0.2, 0) is 4.79 Å². The van der Waals surface area contributed by atoms with Crippen molar-refractivity contribution in [3.8, 4) is 0 Å². The number of hydrogen-bond donors (Lipinski definition) is 1. The Kier molecular flexibility index (Phi) is 5.61. The Morgan fingerprint density at radius 1 is 1.15 bits per heavy atom. The van der Waals surface area contributed by atoms with Gasteiger partial charge in [-0.05, 0) is 36.4 Å². The highest BCUT2D eigenvalue weighted by Crippen LogP contribution is 2.22. The number of carbonyl (C=O) groups is 1. The summed E-state index contributed by atoms with van der Waals surface area (Å²) < 4.78 is 14.3. The Balaban J connectivity index is 1.78. The molecule has 0 aromatic heterocycles. The molecule has 2 rings (SSSR count). The second-order valence-electron chi connectivity index (χ2n) is 4.08. The molecule has 2 aromatic rings. The fourth-order valence-corrected chi connectivity index (χ4v) is 2.72. The SMILES string of the molecule is O=C(CCSc1ccccc1F)Nc1ccc(Br)cc1. The number of rotatable bonds is 5. The summed E-state index contributed by atoms with van der Waals surface area (Å²) >= 11 is 4.68. The normalized spacial score (nSPS) is 10.3. The van der Waals surface area contributed by atoms with E-state index in [2.05, 4.69) is 21.2 Å². The molecule has 5 heteroatoms. The maximum Gasteiger partial charge on any atom is 0.225 e. The highest BCUT2D eigenvalue weighted by Gasteiger charge is 2.05. The zero-order valence-corrected chi connectivity index (χ0v) is 13.0. The second kappa shape index (κ2) is 7.45. The largest absolute Gasteiger partial charge is 0.326 e. The first kappa shape index (κ1) is 15.1. The first-order valence-corrected chi connectivity index (χ1v) is 7.86. The third kappa shape index (κ3) is 4.65. The van der Waals surface area contributed by atoms with Crippen LogP contribution in [0.1, 0.15) is 6.42 Å². The monoisotopic (exact) mass is 353 g/mol. The van der Waals surface area contributed by atoms with E-state index in [9.17, 15) is 9.18 Å². The minimum Gasteiger partial charge on any atom is -0.326 e. The van der Waals surface area contributed by atoms with E-state index in [1.807, 2.05) is 24.3 Å². The van der Waals surface area contributed by atoms with Gasteiger partial charge in [-0.15, -0.1) is 11.8 Å². The first-order valence-electron chi connectivity index (χ1n) is 6.08. The zero-order valence-electron chi connectivity index (χ0n) is 10.6. The van der Waals surface area contributed by atoms with Gasteiger partial charge in [0.15, 0.2) is 0 Å². The van der Waals surface area contributed by atoms with Crippen molar-refractivity contribution in [2.45, 2.75) is 11.3 Å². The Hall–Kier alpha value is -1.33. The predicted octanol–water partition coefficient (Wildman–Crippen LogP) is 4.71. The van der Waals surface area contributed by atoms with Crippen LogP contribution in [0.3, 0.4) is 0 Å². The van der Waals surface area contributed by atoms with E-state index in [0.717, 1.165) is 10.2 Å². The van der Waals surface area contributed by atoms with Crippen molar-refractivity contribution >= 4 is 39.3 Å². The molecule has 2 nitrogen and oxygen atoms in total. The van der Waals surface area contributed by atoms with Gasteiger partial charge in [0, 0.05) is 27.2 Å². The molecule has 2 aromatic carbocycles. The van der Waals surface area contributed by atoms with E-state index in [1.54, 1.807) is 18.2 Å². The lowest BCUT2D eigenvalue weighted by molar-refractivity contribution is -0.115. The van der Waals surface area contributed by atoms with E-state index >= 15 is 0 Å². The molecular weight excluding hydrogens is 341 g/mol. The van der Waals surface area contributed by atoms with Crippen molar-refractivity contribution in [3.63, 3.8) is 0 Å². The topological polar surface area (TPSA) is 29.1 Å². The lowest BCUT2D eigenvalue weighted by Gasteiger charge is -2.05. The molecule has 0 aliphatic carbocycles. The number of hydrogen-bond acceptors (Lipinski definition) is 2. The quantitative estimate of drug-likeness (QED) is 0.788. The molecule has 0 aliphatic rings. The number of amides is 1. The van der Waals surface area contributed by atoms with Gasteiger partial charge in [-0.25, -0.2) is 4.39 Å². The first-order chi connectivity index (χ1) is 9.65. The number of carbonyl (C=O) groups excluding carboxylic acids is 1.